The minimum absolute atomic E-state index is 0.193. The second kappa shape index (κ2) is 14.6. The van der Waals surface area contributed by atoms with Crippen molar-refractivity contribution in [2.45, 2.75) is 70.1 Å². The van der Waals surface area contributed by atoms with Crippen molar-refractivity contribution < 1.29 is 39.0 Å². The lowest BCUT2D eigenvalue weighted by Gasteiger charge is -2.27. The van der Waals surface area contributed by atoms with Gasteiger partial charge in [-0.2, -0.15) is 0 Å². The maximum Gasteiger partial charge on any atom is 0.326 e. The van der Waals surface area contributed by atoms with Crippen LogP contribution in [0.4, 0.5) is 0 Å². The van der Waals surface area contributed by atoms with Gasteiger partial charge in [0.15, 0.2) is 0 Å². The first kappa shape index (κ1) is 31.8. The number of benzene rings is 1. The SMILES string of the molecule is CC(C)C(NC(=O)C(N)Cc1c[nH]c2ccccc12)C(=O)NC(CCC(N)=O)C(=O)NC(CCC(=O)O)C(=O)O. The lowest BCUT2D eigenvalue weighted by Crippen LogP contribution is -2.58. The van der Waals surface area contributed by atoms with E-state index in [2.05, 4.69) is 20.9 Å². The van der Waals surface area contributed by atoms with Crippen LogP contribution >= 0.6 is 0 Å². The predicted octanol–water partition coefficient (Wildman–Crippen LogP) is -0.637. The van der Waals surface area contributed by atoms with Gasteiger partial charge in [-0.15, -0.1) is 0 Å². The van der Waals surface area contributed by atoms with Crippen molar-refractivity contribution in [1.29, 1.82) is 0 Å². The third kappa shape index (κ3) is 9.38. The summed E-state index contributed by atoms with van der Waals surface area (Å²) in [5.74, 6) is -6.22. The molecule has 0 spiro atoms. The molecule has 4 unspecified atom stereocenters. The molecule has 1 heterocycles. The Morgan fingerprint density at radius 1 is 0.875 bits per heavy atom. The first-order chi connectivity index (χ1) is 18.8. The van der Waals surface area contributed by atoms with Crippen molar-refractivity contribution in [3.8, 4) is 0 Å². The topological polar surface area (TPSA) is 247 Å². The Morgan fingerprint density at radius 3 is 2.10 bits per heavy atom. The van der Waals surface area contributed by atoms with Gasteiger partial charge >= 0.3 is 11.9 Å². The van der Waals surface area contributed by atoms with Gasteiger partial charge in [0.2, 0.25) is 23.6 Å². The Labute approximate surface area is 230 Å². The molecule has 4 amide bonds. The van der Waals surface area contributed by atoms with Gasteiger partial charge in [0, 0.05) is 29.9 Å². The van der Waals surface area contributed by atoms with E-state index in [9.17, 15) is 33.9 Å². The number of primary amides is 1. The van der Waals surface area contributed by atoms with Crippen LogP contribution in [-0.2, 0) is 35.2 Å². The van der Waals surface area contributed by atoms with E-state index < -0.39 is 78.5 Å². The fourth-order valence-electron chi connectivity index (χ4n) is 4.04. The Bertz CT molecular complexity index is 1240. The highest BCUT2D eigenvalue weighted by Gasteiger charge is 2.32. The number of amides is 4. The maximum atomic E-state index is 13.2. The number of carbonyl (C=O) groups excluding carboxylic acids is 4. The van der Waals surface area contributed by atoms with Gasteiger partial charge < -0.3 is 42.6 Å². The highest BCUT2D eigenvalue weighted by molar-refractivity contribution is 5.95. The van der Waals surface area contributed by atoms with E-state index in [1.54, 1.807) is 20.0 Å². The minimum Gasteiger partial charge on any atom is -0.481 e. The fourth-order valence-corrected chi connectivity index (χ4v) is 4.04. The molecule has 0 saturated heterocycles. The summed E-state index contributed by atoms with van der Waals surface area (Å²) in [6.07, 6.45) is 0.476. The minimum atomic E-state index is -1.54. The lowest BCUT2D eigenvalue weighted by atomic mass is 10.00. The zero-order valence-electron chi connectivity index (χ0n) is 22.3. The zero-order valence-corrected chi connectivity index (χ0v) is 22.3. The molecule has 0 bridgehead atoms. The molecule has 14 heteroatoms. The highest BCUT2D eigenvalue weighted by atomic mass is 16.4. The summed E-state index contributed by atoms with van der Waals surface area (Å²) in [4.78, 5) is 75.7. The van der Waals surface area contributed by atoms with E-state index in [1.165, 1.54) is 0 Å². The standard InChI is InChI=1S/C26H36N6O8/c1-13(2)22(32-23(36)16(27)11-14-12-29-17-6-4-3-5-15(14)17)25(38)30-18(7-9-20(28)33)24(37)31-19(26(39)40)8-10-21(34)35/h3-6,12-13,16,18-19,22,29H,7-11,27H2,1-2H3,(H2,28,33)(H,30,38)(H,31,37)(H,32,36)(H,34,35)(H,39,40). The zero-order chi connectivity index (χ0) is 30.0. The number of H-pyrrole nitrogens is 1. The number of para-hydroxylation sites is 1. The van der Waals surface area contributed by atoms with Crippen LogP contribution in [0.1, 0.15) is 45.1 Å². The largest absolute Gasteiger partial charge is 0.481 e. The number of rotatable bonds is 16. The van der Waals surface area contributed by atoms with Gasteiger partial charge in [0.1, 0.15) is 18.1 Å². The Kier molecular flexibility index (Phi) is 11.6. The average molecular weight is 561 g/mol. The van der Waals surface area contributed by atoms with Crippen LogP contribution < -0.4 is 27.4 Å². The van der Waals surface area contributed by atoms with Crippen LogP contribution in [0.15, 0.2) is 30.5 Å². The quantitative estimate of drug-likeness (QED) is 0.130. The number of nitrogens with one attached hydrogen (secondary N) is 4. The third-order valence-electron chi connectivity index (χ3n) is 6.27. The molecule has 1 aromatic heterocycles. The van der Waals surface area contributed by atoms with Gasteiger partial charge in [-0.25, -0.2) is 4.79 Å². The number of nitrogens with two attached hydrogens (primary N) is 2. The van der Waals surface area contributed by atoms with Crippen molar-refractivity contribution in [2.24, 2.45) is 17.4 Å². The monoisotopic (exact) mass is 560 g/mol. The molecule has 0 aliphatic carbocycles. The smallest absolute Gasteiger partial charge is 0.326 e. The Morgan fingerprint density at radius 2 is 1.50 bits per heavy atom. The van der Waals surface area contributed by atoms with Crippen LogP contribution in [0.25, 0.3) is 10.9 Å². The fraction of sp³-hybridized carbons (Fsp3) is 0.462. The summed E-state index contributed by atoms with van der Waals surface area (Å²) in [5, 5.41) is 26.3. The van der Waals surface area contributed by atoms with Crippen LogP contribution in [0.3, 0.4) is 0 Å². The van der Waals surface area contributed by atoms with Crippen LogP contribution in [0.2, 0.25) is 0 Å². The average Bonchev–Trinajstić information content (AvgIpc) is 3.28. The van der Waals surface area contributed by atoms with Crippen molar-refractivity contribution in [3.05, 3.63) is 36.0 Å². The van der Waals surface area contributed by atoms with E-state index in [1.807, 2.05) is 24.3 Å². The summed E-state index contributed by atoms with van der Waals surface area (Å²) in [6, 6.07) is 2.48. The van der Waals surface area contributed by atoms with Crippen LogP contribution in [0, 0.1) is 5.92 Å². The van der Waals surface area contributed by atoms with Gasteiger partial charge in [-0.3, -0.25) is 24.0 Å². The number of aliphatic carboxylic acids is 2. The molecule has 40 heavy (non-hydrogen) atoms. The van der Waals surface area contributed by atoms with Crippen LogP contribution in [0.5, 0.6) is 0 Å². The highest BCUT2D eigenvalue weighted by Crippen LogP contribution is 2.19. The van der Waals surface area contributed by atoms with Gasteiger partial charge in [0.05, 0.1) is 6.04 Å². The number of carboxylic acids is 2. The van der Waals surface area contributed by atoms with Crippen molar-refractivity contribution >= 4 is 46.5 Å². The van der Waals surface area contributed by atoms with Crippen molar-refractivity contribution in [1.82, 2.24) is 20.9 Å². The maximum absolute atomic E-state index is 13.2. The molecule has 4 atom stereocenters. The molecule has 14 nitrogen and oxygen atoms in total. The molecule has 0 aliphatic heterocycles. The van der Waals surface area contributed by atoms with Crippen molar-refractivity contribution in [2.75, 3.05) is 0 Å². The molecule has 0 fully saturated rings. The normalized spacial score (nSPS) is 14.1. The van der Waals surface area contributed by atoms with E-state index in [-0.39, 0.29) is 19.3 Å². The molecular weight excluding hydrogens is 524 g/mol. The second-order valence-corrected chi connectivity index (χ2v) is 9.80. The van der Waals surface area contributed by atoms with Gasteiger partial charge in [-0.1, -0.05) is 32.0 Å². The van der Waals surface area contributed by atoms with E-state index in [0.29, 0.717) is 0 Å². The second-order valence-electron chi connectivity index (χ2n) is 9.80. The first-order valence-corrected chi connectivity index (χ1v) is 12.7. The summed E-state index contributed by atoms with van der Waals surface area (Å²) >= 11 is 0. The summed E-state index contributed by atoms with van der Waals surface area (Å²) in [5.41, 5.74) is 13.0. The number of hydrogen-bond acceptors (Lipinski definition) is 7. The molecule has 2 aromatic rings. The predicted molar refractivity (Wildman–Crippen MR) is 144 cm³/mol. The molecular formula is C26H36N6O8. The van der Waals surface area contributed by atoms with E-state index >= 15 is 0 Å². The summed E-state index contributed by atoms with van der Waals surface area (Å²) in [6.45, 7) is 3.33. The third-order valence-corrected chi connectivity index (χ3v) is 6.27. The molecule has 2 rings (SSSR count). The number of aromatic amines is 1. The first-order valence-electron chi connectivity index (χ1n) is 12.7. The van der Waals surface area contributed by atoms with E-state index in [4.69, 9.17) is 16.6 Å². The lowest BCUT2D eigenvalue weighted by molar-refractivity contribution is -0.143. The summed E-state index contributed by atoms with van der Waals surface area (Å²) < 4.78 is 0. The summed E-state index contributed by atoms with van der Waals surface area (Å²) in [7, 11) is 0. The molecule has 1 aromatic carbocycles. The van der Waals surface area contributed by atoms with E-state index in [0.717, 1.165) is 16.5 Å². The number of carboxylic acid groups (broad SMARTS) is 2. The molecule has 10 N–H and O–H groups in total. The van der Waals surface area contributed by atoms with Gasteiger partial charge in [-0.05, 0) is 36.8 Å². The number of fused-ring (bicyclic) bond motifs is 1. The number of aromatic nitrogens is 1. The van der Waals surface area contributed by atoms with Gasteiger partial charge in [0.25, 0.3) is 0 Å². The molecule has 0 radical (unpaired) electrons. The Hall–Kier alpha value is -4.46. The molecule has 0 saturated carbocycles. The Balaban J connectivity index is 2.12. The number of hydrogen-bond donors (Lipinski definition) is 8. The molecule has 0 aliphatic rings. The van der Waals surface area contributed by atoms with Crippen LogP contribution in [-0.4, -0.2) is 74.9 Å². The van der Waals surface area contributed by atoms with Crippen molar-refractivity contribution in [3.63, 3.8) is 0 Å². The number of carbonyl (C=O) groups is 6. The molecule has 218 valence electrons.